The normalized spacial score (nSPS) is 11.3. The van der Waals surface area contributed by atoms with Crippen LogP contribution in [-0.2, 0) is 0 Å². The Morgan fingerprint density at radius 3 is 1.81 bits per heavy atom. The zero-order chi connectivity index (χ0) is 27.9. The summed E-state index contributed by atoms with van der Waals surface area (Å²) in [4.78, 5) is 0. The number of benzene rings is 7. The van der Waals surface area contributed by atoms with Crippen molar-refractivity contribution in [3.8, 4) is 33.4 Å². The van der Waals surface area contributed by atoms with E-state index in [1.165, 1.54) is 38.6 Å². The predicted molar refractivity (Wildman–Crippen MR) is 177 cm³/mol. The minimum absolute atomic E-state index is 0.871. The Labute approximate surface area is 244 Å². The van der Waals surface area contributed by atoms with Crippen LogP contribution in [0.25, 0.3) is 66.1 Å². The number of hydrogen-bond acceptors (Lipinski definition) is 2. The standard InChI is InChI=1S/C40H27NO/c1-3-12-27(13-4-1)29-22-25-38-35(26-29)40-37(20-11-21-39(40)42-38)41-36-19-10-9-18-34(36)33-24-23-30(28-14-5-2-6-15-28)31-16-7-8-17-32(31)33/h1-26,41H. The molecule has 0 bridgehead atoms. The summed E-state index contributed by atoms with van der Waals surface area (Å²) >= 11 is 0. The van der Waals surface area contributed by atoms with Crippen molar-refractivity contribution in [3.63, 3.8) is 0 Å². The van der Waals surface area contributed by atoms with Crippen molar-refractivity contribution in [2.75, 3.05) is 5.32 Å². The molecule has 8 rings (SSSR count). The SMILES string of the molecule is c1ccc(-c2ccc3oc4cccc(Nc5ccccc5-c5ccc(-c6ccccc6)c6ccccc56)c4c3c2)cc1. The molecule has 1 N–H and O–H groups in total. The van der Waals surface area contributed by atoms with E-state index in [4.69, 9.17) is 4.42 Å². The number of para-hydroxylation sites is 1. The summed E-state index contributed by atoms with van der Waals surface area (Å²) in [5, 5.41) is 8.46. The first kappa shape index (κ1) is 24.2. The summed E-state index contributed by atoms with van der Waals surface area (Å²) in [5.41, 5.74) is 11.0. The van der Waals surface area contributed by atoms with Gasteiger partial charge in [-0.25, -0.2) is 0 Å². The zero-order valence-electron chi connectivity index (χ0n) is 22.9. The molecule has 2 nitrogen and oxygen atoms in total. The molecule has 2 heteroatoms. The van der Waals surface area contributed by atoms with Crippen molar-refractivity contribution in [1.29, 1.82) is 0 Å². The quantitative estimate of drug-likeness (QED) is 0.236. The first-order chi connectivity index (χ1) is 20.8. The van der Waals surface area contributed by atoms with E-state index in [-0.39, 0.29) is 0 Å². The molecule has 0 spiro atoms. The highest BCUT2D eigenvalue weighted by Gasteiger charge is 2.16. The smallest absolute Gasteiger partial charge is 0.137 e. The van der Waals surface area contributed by atoms with E-state index in [0.29, 0.717) is 0 Å². The van der Waals surface area contributed by atoms with E-state index in [0.717, 1.165) is 38.9 Å². The third-order valence-electron chi connectivity index (χ3n) is 8.10. The van der Waals surface area contributed by atoms with E-state index in [9.17, 15) is 0 Å². The third kappa shape index (κ3) is 4.13. The molecule has 0 saturated heterocycles. The van der Waals surface area contributed by atoms with Gasteiger partial charge in [0, 0.05) is 16.6 Å². The molecule has 0 fully saturated rings. The second-order valence-corrected chi connectivity index (χ2v) is 10.6. The van der Waals surface area contributed by atoms with E-state index in [1.807, 2.05) is 12.1 Å². The zero-order valence-corrected chi connectivity index (χ0v) is 22.9. The molecule has 198 valence electrons. The lowest BCUT2D eigenvalue weighted by atomic mass is 9.91. The van der Waals surface area contributed by atoms with E-state index in [1.54, 1.807) is 0 Å². The van der Waals surface area contributed by atoms with E-state index >= 15 is 0 Å². The predicted octanol–water partition coefficient (Wildman–Crippen LogP) is 11.5. The van der Waals surface area contributed by atoms with Crippen molar-refractivity contribution in [3.05, 3.63) is 158 Å². The molecule has 0 unspecified atom stereocenters. The minimum atomic E-state index is 0.871. The van der Waals surface area contributed by atoms with Gasteiger partial charge in [0.25, 0.3) is 0 Å². The Morgan fingerprint density at radius 2 is 1.00 bits per heavy atom. The lowest BCUT2D eigenvalue weighted by Crippen LogP contribution is -1.95. The van der Waals surface area contributed by atoms with E-state index in [2.05, 4.69) is 151 Å². The van der Waals surface area contributed by atoms with Crippen molar-refractivity contribution in [2.24, 2.45) is 0 Å². The first-order valence-electron chi connectivity index (χ1n) is 14.3. The third-order valence-corrected chi connectivity index (χ3v) is 8.10. The monoisotopic (exact) mass is 537 g/mol. The molecule has 0 aliphatic rings. The molecule has 0 radical (unpaired) electrons. The largest absolute Gasteiger partial charge is 0.456 e. The molecule has 8 aromatic rings. The van der Waals surface area contributed by atoms with Gasteiger partial charge in [0.1, 0.15) is 11.2 Å². The Balaban J connectivity index is 1.27. The number of nitrogens with one attached hydrogen (secondary N) is 1. The van der Waals surface area contributed by atoms with Gasteiger partial charge in [0.15, 0.2) is 0 Å². The van der Waals surface area contributed by atoms with Gasteiger partial charge in [-0.2, -0.15) is 0 Å². The van der Waals surface area contributed by atoms with Crippen molar-refractivity contribution >= 4 is 44.1 Å². The van der Waals surface area contributed by atoms with E-state index < -0.39 is 0 Å². The van der Waals surface area contributed by atoms with Crippen LogP contribution in [0.15, 0.2) is 162 Å². The van der Waals surface area contributed by atoms with Gasteiger partial charge in [-0.15, -0.1) is 0 Å². The van der Waals surface area contributed by atoms with Crippen LogP contribution >= 0.6 is 0 Å². The fourth-order valence-corrected chi connectivity index (χ4v) is 6.12. The molecular weight excluding hydrogens is 510 g/mol. The molecular formula is C40H27NO. The second kappa shape index (κ2) is 10.1. The first-order valence-corrected chi connectivity index (χ1v) is 14.3. The summed E-state index contributed by atoms with van der Waals surface area (Å²) in [6, 6.07) is 55.6. The van der Waals surface area contributed by atoms with Crippen LogP contribution in [-0.4, -0.2) is 0 Å². The molecule has 0 amide bonds. The number of furan rings is 1. The Morgan fingerprint density at radius 1 is 0.357 bits per heavy atom. The van der Waals surface area contributed by atoms with Gasteiger partial charge in [-0.3, -0.25) is 0 Å². The lowest BCUT2D eigenvalue weighted by molar-refractivity contribution is 0.669. The highest BCUT2D eigenvalue weighted by Crippen LogP contribution is 2.41. The Hall–Kier alpha value is -5.60. The summed E-state index contributed by atoms with van der Waals surface area (Å²) < 4.78 is 6.31. The van der Waals surface area contributed by atoms with Gasteiger partial charge in [0.2, 0.25) is 0 Å². The molecule has 7 aromatic carbocycles. The van der Waals surface area contributed by atoms with Crippen molar-refractivity contribution in [1.82, 2.24) is 0 Å². The highest BCUT2D eigenvalue weighted by atomic mass is 16.3. The van der Waals surface area contributed by atoms with Crippen LogP contribution in [0.2, 0.25) is 0 Å². The number of hydrogen-bond donors (Lipinski definition) is 1. The average molecular weight is 538 g/mol. The van der Waals surface area contributed by atoms with Crippen molar-refractivity contribution < 1.29 is 4.42 Å². The Kier molecular flexibility index (Phi) is 5.82. The number of fused-ring (bicyclic) bond motifs is 4. The molecule has 0 atom stereocenters. The summed E-state index contributed by atoms with van der Waals surface area (Å²) in [5.74, 6) is 0. The average Bonchev–Trinajstić information content (AvgIpc) is 3.44. The fourth-order valence-electron chi connectivity index (χ4n) is 6.12. The summed E-state index contributed by atoms with van der Waals surface area (Å²) in [6.45, 7) is 0. The number of rotatable bonds is 5. The second-order valence-electron chi connectivity index (χ2n) is 10.6. The minimum Gasteiger partial charge on any atom is -0.456 e. The maximum Gasteiger partial charge on any atom is 0.137 e. The maximum atomic E-state index is 6.31. The van der Waals surface area contributed by atoms with Crippen LogP contribution in [0.4, 0.5) is 11.4 Å². The van der Waals surface area contributed by atoms with Gasteiger partial charge in [-0.1, -0.05) is 127 Å². The summed E-state index contributed by atoms with van der Waals surface area (Å²) in [6.07, 6.45) is 0. The maximum absolute atomic E-state index is 6.31. The van der Waals surface area contributed by atoms with Crippen molar-refractivity contribution in [2.45, 2.75) is 0 Å². The number of anilines is 2. The Bertz CT molecular complexity index is 2210. The van der Waals surface area contributed by atoms with Crippen LogP contribution < -0.4 is 5.32 Å². The van der Waals surface area contributed by atoms with Crippen LogP contribution in [0.1, 0.15) is 0 Å². The molecule has 0 saturated carbocycles. The molecule has 1 heterocycles. The summed E-state index contributed by atoms with van der Waals surface area (Å²) in [7, 11) is 0. The van der Waals surface area contributed by atoms with Gasteiger partial charge < -0.3 is 9.73 Å². The molecule has 42 heavy (non-hydrogen) atoms. The molecule has 1 aromatic heterocycles. The topological polar surface area (TPSA) is 25.2 Å². The highest BCUT2D eigenvalue weighted by molar-refractivity contribution is 6.14. The van der Waals surface area contributed by atoms with Gasteiger partial charge in [0.05, 0.1) is 11.1 Å². The van der Waals surface area contributed by atoms with Gasteiger partial charge >= 0.3 is 0 Å². The van der Waals surface area contributed by atoms with Crippen LogP contribution in [0.5, 0.6) is 0 Å². The fraction of sp³-hybridized carbons (Fsp3) is 0. The van der Waals surface area contributed by atoms with Crippen LogP contribution in [0, 0.1) is 0 Å². The molecule has 0 aliphatic carbocycles. The van der Waals surface area contributed by atoms with Crippen LogP contribution in [0.3, 0.4) is 0 Å². The molecule has 0 aliphatic heterocycles. The van der Waals surface area contributed by atoms with Gasteiger partial charge in [-0.05, 0) is 68.9 Å². The lowest BCUT2D eigenvalue weighted by Gasteiger charge is -2.16.